The second kappa shape index (κ2) is 7.94. The van der Waals surface area contributed by atoms with Crippen LogP contribution in [0.25, 0.3) is 0 Å². The minimum atomic E-state index is -1.20. The summed E-state index contributed by atoms with van der Waals surface area (Å²) in [7, 11) is -1.20. The lowest BCUT2D eigenvalue weighted by molar-refractivity contribution is 0.0921. The molecule has 0 saturated carbocycles. The van der Waals surface area contributed by atoms with Crippen LogP contribution in [-0.4, -0.2) is 10.1 Å². The summed E-state index contributed by atoms with van der Waals surface area (Å²) in [5, 5.41) is 2.82. The van der Waals surface area contributed by atoms with Crippen LogP contribution >= 0.6 is 0 Å². The monoisotopic (exact) mass is 353 g/mol. The van der Waals surface area contributed by atoms with Gasteiger partial charge in [-0.15, -0.1) is 0 Å². The Morgan fingerprint density at radius 2 is 1.72 bits per heavy atom. The number of nitrogens with one attached hydrogen (secondary N) is 1. The van der Waals surface area contributed by atoms with Crippen LogP contribution < -0.4 is 5.32 Å². The first kappa shape index (κ1) is 17.2. The van der Waals surface area contributed by atoms with Crippen LogP contribution in [0.4, 0.5) is 0 Å². The van der Waals surface area contributed by atoms with Crippen LogP contribution in [0.5, 0.6) is 0 Å². The van der Waals surface area contributed by atoms with Crippen LogP contribution in [0.2, 0.25) is 0 Å². The topological polar surface area (TPSA) is 59.3 Å². The van der Waals surface area contributed by atoms with Gasteiger partial charge < -0.3 is 9.73 Å². The predicted octanol–water partition coefficient (Wildman–Crippen LogP) is 3.83. The molecule has 0 bridgehead atoms. The van der Waals surface area contributed by atoms with Gasteiger partial charge in [-0.1, -0.05) is 48.0 Å². The summed E-state index contributed by atoms with van der Waals surface area (Å²) in [4.78, 5) is 12.9. The number of carbonyl (C=O) groups excluding carboxylic acids is 1. The minimum Gasteiger partial charge on any atom is -0.455 e. The fraction of sp³-hybridized carbons (Fsp3) is 0.150. The summed E-state index contributed by atoms with van der Waals surface area (Å²) in [6.07, 6.45) is 0. The number of amides is 1. The maximum Gasteiger partial charge on any atom is 0.287 e. The van der Waals surface area contributed by atoms with Crippen LogP contribution in [0.15, 0.2) is 76.0 Å². The summed E-state index contributed by atoms with van der Waals surface area (Å²) in [5.74, 6) is 0.724. The van der Waals surface area contributed by atoms with Gasteiger partial charge in [0.15, 0.2) is 5.76 Å². The first-order valence-corrected chi connectivity index (χ1v) is 9.29. The van der Waals surface area contributed by atoms with Crippen LogP contribution in [0.3, 0.4) is 0 Å². The molecule has 0 saturated heterocycles. The van der Waals surface area contributed by atoms with Gasteiger partial charge >= 0.3 is 0 Å². The van der Waals surface area contributed by atoms with Crippen LogP contribution in [0.1, 0.15) is 27.4 Å². The van der Waals surface area contributed by atoms with Crippen molar-refractivity contribution in [2.45, 2.75) is 24.1 Å². The fourth-order valence-electron chi connectivity index (χ4n) is 2.34. The van der Waals surface area contributed by atoms with Gasteiger partial charge in [-0.3, -0.25) is 9.00 Å². The fourth-order valence-corrected chi connectivity index (χ4v) is 3.38. The Balaban J connectivity index is 1.58. The van der Waals surface area contributed by atoms with E-state index >= 15 is 0 Å². The average Bonchev–Trinajstić information content (AvgIpc) is 3.10. The van der Waals surface area contributed by atoms with Gasteiger partial charge in [-0.2, -0.15) is 0 Å². The lowest BCUT2D eigenvalue weighted by atomic mass is 10.1. The Morgan fingerprint density at radius 1 is 1.00 bits per heavy atom. The van der Waals surface area contributed by atoms with E-state index in [-0.39, 0.29) is 17.4 Å². The van der Waals surface area contributed by atoms with Gasteiger partial charge in [0.25, 0.3) is 5.91 Å². The molecule has 5 heteroatoms. The van der Waals surface area contributed by atoms with Crippen molar-refractivity contribution in [2.75, 3.05) is 0 Å². The first-order chi connectivity index (χ1) is 12.1. The molecule has 0 unspecified atom stereocenters. The van der Waals surface area contributed by atoms with Crippen molar-refractivity contribution in [3.8, 4) is 0 Å². The molecule has 1 N–H and O–H groups in total. The van der Waals surface area contributed by atoms with Gasteiger partial charge in [0, 0.05) is 11.4 Å². The van der Waals surface area contributed by atoms with E-state index in [1.165, 1.54) is 5.56 Å². The van der Waals surface area contributed by atoms with E-state index < -0.39 is 10.8 Å². The lowest BCUT2D eigenvalue weighted by Crippen LogP contribution is -2.22. The van der Waals surface area contributed by atoms with E-state index in [0.717, 1.165) is 10.5 Å². The highest BCUT2D eigenvalue weighted by Crippen LogP contribution is 2.15. The maximum atomic E-state index is 12.3. The molecule has 0 spiro atoms. The Bertz CT molecular complexity index is 869. The number of carbonyl (C=O) groups is 1. The highest BCUT2D eigenvalue weighted by atomic mass is 32.2. The predicted molar refractivity (Wildman–Crippen MR) is 97.6 cm³/mol. The summed E-state index contributed by atoms with van der Waals surface area (Å²) in [6.45, 7) is 2.46. The Hall–Kier alpha value is -2.66. The quantitative estimate of drug-likeness (QED) is 0.733. The van der Waals surface area contributed by atoms with Gasteiger partial charge in [0.2, 0.25) is 0 Å². The van der Waals surface area contributed by atoms with Gasteiger partial charge in [-0.25, -0.2) is 0 Å². The van der Waals surface area contributed by atoms with Gasteiger partial charge in [0.1, 0.15) is 5.76 Å². The standard InChI is InChI=1S/C20H19NO3S/c1-15-7-9-16(10-8-15)13-21-20(22)19-12-11-17(24-19)14-25(23)18-5-3-2-4-6-18/h2-12H,13-14H2,1H3,(H,21,22)/t25-/m1/s1. The van der Waals surface area contributed by atoms with E-state index in [2.05, 4.69) is 5.32 Å². The zero-order chi connectivity index (χ0) is 17.6. The molecule has 1 amide bonds. The molecular formula is C20H19NO3S. The number of hydrogen-bond donors (Lipinski definition) is 1. The summed E-state index contributed by atoms with van der Waals surface area (Å²) >= 11 is 0. The first-order valence-electron chi connectivity index (χ1n) is 7.98. The molecule has 1 atom stereocenters. The lowest BCUT2D eigenvalue weighted by Gasteiger charge is -2.04. The molecule has 1 aromatic heterocycles. The van der Waals surface area contributed by atoms with Crippen molar-refractivity contribution in [1.29, 1.82) is 0 Å². The molecule has 128 valence electrons. The van der Waals surface area contributed by atoms with Crippen molar-refractivity contribution in [1.82, 2.24) is 5.32 Å². The molecule has 3 rings (SSSR count). The van der Waals surface area contributed by atoms with E-state index in [1.54, 1.807) is 12.1 Å². The van der Waals surface area contributed by atoms with Crippen molar-refractivity contribution in [3.63, 3.8) is 0 Å². The van der Waals surface area contributed by atoms with Crippen LogP contribution in [0, 0.1) is 6.92 Å². The van der Waals surface area contributed by atoms with E-state index in [9.17, 15) is 9.00 Å². The highest BCUT2D eigenvalue weighted by molar-refractivity contribution is 7.84. The smallest absolute Gasteiger partial charge is 0.287 e. The SMILES string of the molecule is Cc1ccc(CNC(=O)c2ccc(C[S@@](=O)c3ccccc3)o2)cc1. The van der Waals surface area contributed by atoms with E-state index in [1.807, 2.05) is 61.5 Å². The number of rotatable bonds is 6. The molecule has 0 radical (unpaired) electrons. The zero-order valence-corrected chi connectivity index (χ0v) is 14.7. The summed E-state index contributed by atoms with van der Waals surface area (Å²) in [6, 6.07) is 20.5. The molecule has 3 aromatic rings. The second-order valence-electron chi connectivity index (χ2n) is 5.74. The Kier molecular flexibility index (Phi) is 5.46. The molecule has 0 aliphatic carbocycles. The minimum absolute atomic E-state index is 0.229. The number of aryl methyl sites for hydroxylation is 1. The summed E-state index contributed by atoms with van der Waals surface area (Å²) in [5.41, 5.74) is 2.20. The van der Waals surface area contributed by atoms with Gasteiger partial charge in [0.05, 0.1) is 16.6 Å². The van der Waals surface area contributed by atoms with Crippen molar-refractivity contribution >= 4 is 16.7 Å². The van der Waals surface area contributed by atoms with Crippen LogP contribution in [-0.2, 0) is 23.1 Å². The molecule has 1 heterocycles. The van der Waals surface area contributed by atoms with Crippen molar-refractivity contribution in [3.05, 3.63) is 89.4 Å². The molecular weight excluding hydrogens is 334 g/mol. The van der Waals surface area contributed by atoms with Crippen molar-refractivity contribution in [2.24, 2.45) is 0 Å². The largest absolute Gasteiger partial charge is 0.455 e. The number of furan rings is 1. The third-order valence-corrected chi connectivity index (χ3v) is 5.08. The highest BCUT2D eigenvalue weighted by Gasteiger charge is 2.13. The third kappa shape index (κ3) is 4.67. The molecule has 0 fully saturated rings. The van der Waals surface area contributed by atoms with E-state index in [0.29, 0.717) is 12.3 Å². The third-order valence-electron chi connectivity index (χ3n) is 3.74. The molecule has 4 nitrogen and oxygen atoms in total. The van der Waals surface area contributed by atoms with Crippen molar-refractivity contribution < 1.29 is 13.4 Å². The maximum absolute atomic E-state index is 12.3. The molecule has 2 aromatic carbocycles. The molecule has 0 aliphatic rings. The normalized spacial score (nSPS) is 11.9. The average molecular weight is 353 g/mol. The number of hydrogen-bond acceptors (Lipinski definition) is 3. The number of benzene rings is 2. The Labute approximate surface area is 149 Å². The summed E-state index contributed by atoms with van der Waals surface area (Å²) < 4.78 is 17.8. The van der Waals surface area contributed by atoms with Gasteiger partial charge in [-0.05, 0) is 36.8 Å². The molecule has 25 heavy (non-hydrogen) atoms. The second-order valence-corrected chi connectivity index (χ2v) is 7.19. The molecule has 0 aliphatic heterocycles. The zero-order valence-electron chi connectivity index (χ0n) is 13.9. The Morgan fingerprint density at radius 3 is 2.44 bits per heavy atom. The van der Waals surface area contributed by atoms with E-state index in [4.69, 9.17) is 4.42 Å².